The van der Waals surface area contributed by atoms with Gasteiger partial charge in [0.1, 0.15) is 9.71 Å². The predicted molar refractivity (Wildman–Crippen MR) is 77.3 cm³/mol. The second-order valence-electron chi connectivity index (χ2n) is 4.62. The Hall–Kier alpha value is -1.73. The van der Waals surface area contributed by atoms with Gasteiger partial charge in [-0.3, -0.25) is 4.79 Å². The third-order valence-electron chi connectivity index (χ3n) is 2.84. The lowest BCUT2D eigenvalue weighted by atomic mass is 10.2. The molecule has 19 heavy (non-hydrogen) atoms. The average molecular weight is 279 g/mol. The Labute approximate surface area is 115 Å². The quantitative estimate of drug-likeness (QED) is 0.900. The topological polar surface area (TPSA) is 75.3 Å². The summed E-state index contributed by atoms with van der Waals surface area (Å²) < 4.78 is 0. The monoisotopic (exact) mass is 279 g/mol. The first-order valence-electron chi connectivity index (χ1n) is 5.90. The van der Waals surface area contributed by atoms with Crippen LogP contribution in [0.4, 0.5) is 5.69 Å². The van der Waals surface area contributed by atoms with Gasteiger partial charge in [-0.05, 0) is 20.2 Å². The first kappa shape index (κ1) is 13.7. The van der Waals surface area contributed by atoms with Gasteiger partial charge in [-0.15, -0.1) is 16.4 Å². The maximum atomic E-state index is 12.3. The zero-order valence-electron chi connectivity index (χ0n) is 11.3. The first-order valence-corrected chi connectivity index (χ1v) is 6.72. The molecule has 0 atom stereocenters. The van der Waals surface area contributed by atoms with Gasteiger partial charge < -0.3 is 15.5 Å². The third-order valence-corrected chi connectivity index (χ3v) is 3.94. The summed E-state index contributed by atoms with van der Waals surface area (Å²) in [6.45, 7) is 1.47. The summed E-state index contributed by atoms with van der Waals surface area (Å²) in [5.41, 5.74) is 6.52. The highest BCUT2D eigenvalue weighted by Gasteiger charge is 2.20. The number of hydrogen-bond donors (Lipinski definition) is 1. The molecule has 2 aromatic rings. The summed E-state index contributed by atoms with van der Waals surface area (Å²) in [5.74, 6) is -0.0673. The number of amides is 1. The molecule has 0 fully saturated rings. The lowest BCUT2D eigenvalue weighted by molar-refractivity contribution is 0.0792. The van der Waals surface area contributed by atoms with Gasteiger partial charge in [-0.2, -0.15) is 5.10 Å². The number of nitrogens with zero attached hydrogens (tertiary/aromatic N) is 4. The highest BCUT2D eigenvalue weighted by atomic mass is 32.1. The van der Waals surface area contributed by atoms with Gasteiger partial charge in [0, 0.05) is 25.5 Å². The van der Waals surface area contributed by atoms with Gasteiger partial charge in [0.05, 0.1) is 11.9 Å². The zero-order chi connectivity index (χ0) is 14.0. The first-order chi connectivity index (χ1) is 9.00. The summed E-state index contributed by atoms with van der Waals surface area (Å²) in [7, 11) is 5.73. The number of carbonyl (C=O) groups is 1. The van der Waals surface area contributed by atoms with Crippen LogP contribution in [0.15, 0.2) is 12.3 Å². The van der Waals surface area contributed by atoms with E-state index < -0.39 is 0 Å². The molecular formula is C12H17N5OS. The Balaban J connectivity index is 2.24. The van der Waals surface area contributed by atoms with Gasteiger partial charge in [0.2, 0.25) is 0 Å². The van der Waals surface area contributed by atoms with Crippen LogP contribution in [0.1, 0.15) is 9.67 Å². The normalized spacial score (nSPS) is 11.2. The highest BCUT2D eigenvalue weighted by Crippen LogP contribution is 2.32. The van der Waals surface area contributed by atoms with Gasteiger partial charge >= 0.3 is 0 Å². The Kier molecular flexibility index (Phi) is 3.96. The molecule has 2 heterocycles. The number of nitrogen functional groups attached to an aromatic ring is 1. The molecule has 0 spiro atoms. The van der Waals surface area contributed by atoms with Crippen LogP contribution in [0.25, 0.3) is 10.2 Å². The van der Waals surface area contributed by atoms with Gasteiger partial charge in [-0.1, -0.05) is 0 Å². The molecule has 0 bridgehead atoms. The molecule has 0 aromatic carbocycles. The minimum Gasteiger partial charge on any atom is -0.397 e. The molecular weight excluding hydrogens is 262 g/mol. The van der Waals surface area contributed by atoms with E-state index in [-0.39, 0.29) is 5.91 Å². The van der Waals surface area contributed by atoms with E-state index in [2.05, 4.69) is 10.2 Å². The van der Waals surface area contributed by atoms with Gasteiger partial charge in [-0.25, -0.2) is 0 Å². The maximum absolute atomic E-state index is 12.3. The van der Waals surface area contributed by atoms with Crippen molar-refractivity contribution in [3.63, 3.8) is 0 Å². The fraction of sp³-hybridized carbons (Fsp3) is 0.417. The van der Waals surface area contributed by atoms with E-state index in [0.29, 0.717) is 21.9 Å². The number of carbonyl (C=O) groups excluding carboxylic acids is 1. The molecule has 0 aliphatic carbocycles. The second-order valence-corrected chi connectivity index (χ2v) is 5.62. The molecule has 2 rings (SSSR count). The molecule has 0 radical (unpaired) electrons. The number of rotatable bonds is 4. The lowest BCUT2D eigenvalue weighted by Gasteiger charge is -2.19. The number of aromatic nitrogens is 2. The van der Waals surface area contributed by atoms with Crippen LogP contribution < -0.4 is 5.73 Å². The van der Waals surface area contributed by atoms with Crippen LogP contribution in [0.2, 0.25) is 0 Å². The van der Waals surface area contributed by atoms with E-state index in [9.17, 15) is 4.79 Å². The third kappa shape index (κ3) is 2.82. The van der Waals surface area contributed by atoms with E-state index in [1.165, 1.54) is 11.3 Å². The van der Waals surface area contributed by atoms with Crippen molar-refractivity contribution in [1.29, 1.82) is 0 Å². The van der Waals surface area contributed by atoms with E-state index in [1.807, 2.05) is 19.0 Å². The number of anilines is 1. The van der Waals surface area contributed by atoms with Gasteiger partial charge in [0.15, 0.2) is 0 Å². The average Bonchev–Trinajstić information content (AvgIpc) is 2.73. The molecule has 1 amide bonds. The van der Waals surface area contributed by atoms with Crippen molar-refractivity contribution >= 4 is 33.1 Å². The number of likely N-dealkylation sites (N-methyl/N-ethyl adjacent to an activating group) is 2. The SMILES string of the molecule is CN(C)CCN(C)C(=O)c1sc2nnccc2c1N. The van der Waals surface area contributed by atoms with Crippen LogP contribution >= 0.6 is 11.3 Å². The highest BCUT2D eigenvalue weighted by molar-refractivity contribution is 7.21. The number of thiophene rings is 1. The molecule has 102 valence electrons. The minimum absolute atomic E-state index is 0.0673. The van der Waals surface area contributed by atoms with E-state index in [4.69, 9.17) is 5.73 Å². The smallest absolute Gasteiger partial charge is 0.265 e. The standard InChI is InChI=1S/C12H17N5OS/c1-16(2)6-7-17(3)12(18)10-9(13)8-4-5-14-15-11(8)19-10/h4-5H,6-7,13H2,1-3H3. The van der Waals surface area contributed by atoms with Crippen LogP contribution in [-0.2, 0) is 0 Å². The van der Waals surface area contributed by atoms with Crippen LogP contribution in [0.3, 0.4) is 0 Å². The summed E-state index contributed by atoms with van der Waals surface area (Å²) in [4.78, 5) is 17.3. The van der Waals surface area contributed by atoms with Crippen LogP contribution in [0, 0.1) is 0 Å². The predicted octanol–water partition coefficient (Wildman–Crippen LogP) is 0.907. The molecule has 0 aliphatic heterocycles. The largest absolute Gasteiger partial charge is 0.397 e. The Morgan fingerprint density at radius 1 is 1.37 bits per heavy atom. The van der Waals surface area contributed by atoms with E-state index in [0.717, 1.165) is 11.9 Å². The van der Waals surface area contributed by atoms with Crippen molar-refractivity contribution < 1.29 is 4.79 Å². The fourth-order valence-corrected chi connectivity index (χ4v) is 2.69. The van der Waals surface area contributed by atoms with Crippen LogP contribution in [-0.4, -0.2) is 60.1 Å². The van der Waals surface area contributed by atoms with Crippen molar-refractivity contribution in [3.05, 3.63) is 17.1 Å². The minimum atomic E-state index is -0.0673. The maximum Gasteiger partial charge on any atom is 0.265 e. The Bertz CT molecular complexity index is 595. The van der Waals surface area contributed by atoms with Crippen molar-refractivity contribution in [2.24, 2.45) is 0 Å². The Morgan fingerprint density at radius 3 is 2.74 bits per heavy atom. The number of hydrogen-bond acceptors (Lipinski definition) is 6. The van der Waals surface area contributed by atoms with E-state index >= 15 is 0 Å². The molecule has 0 unspecified atom stereocenters. The molecule has 7 heteroatoms. The zero-order valence-corrected chi connectivity index (χ0v) is 12.1. The summed E-state index contributed by atoms with van der Waals surface area (Å²) in [5, 5.41) is 8.59. The lowest BCUT2D eigenvalue weighted by Crippen LogP contribution is -2.33. The second kappa shape index (κ2) is 5.50. The molecule has 2 aromatic heterocycles. The van der Waals surface area contributed by atoms with Crippen molar-refractivity contribution in [2.75, 3.05) is 40.0 Å². The van der Waals surface area contributed by atoms with Crippen LogP contribution in [0.5, 0.6) is 0 Å². The number of fused-ring (bicyclic) bond motifs is 1. The van der Waals surface area contributed by atoms with Crippen molar-refractivity contribution in [1.82, 2.24) is 20.0 Å². The molecule has 6 nitrogen and oxygen atoms in total. The van der Waals surface area contributed by atoms with Crippen molar-refractivity contribution in [2.45, 2.75) is 0 Å². The fourth-order valence-electron chi connectivity index (χ4n) is 1.66. The summed E-state index contributed by atoms with van der Waals surface area (Å²) >= 11 is 1.29. The molecule has 2 N–H and O–H groups in total. The van der Waals surface area contributed by atoms with Gasteiger partial charge in [0.25, 0.3) is 5.91 Å². The number of nitrogens with two attached hydrogens (primary N) is 1. The van der Waals surface area contributed by atoms with E-state index in [1.54, 1.807) is 24.2 Å². The summed E-state index contributed by atoms with van der Waals surface area (Å²) in [6, 6.07) is 1.78. The molecule has 0 aliphatic rings. The molecule has 0 saturated heterocycles. The summed E-state index contributed by atoms with van der Waals surface area (Å²) in [6.07, 6.45) is 1.58. The molecule has 0 saturated carbocycles. The van der Waals surface area contributed by atoms with Crippen molar-refractivity contribution in [3.8, 4) is 0 Å². The Morgan fingerprint density at radius 2 is 2.11 bits per heavy atom.